The molecule has 0 saturated heterocycles. The lowest BCUT2D eigenvalue weighted by Crippen LogP contribution is -2.17. The molecular weight excluding hydrogens is 330 g/mol. The summed E-state index contributed by atoms with van der Waals surface area (Å²) in [6.45, 7) is 5.64. The molecule has 1 aliphatic heterocycles. The number of ether oxygens (including phenoxy) is 1. The van der Waals surface area contributed by atoms with Crippen molar-refractivity contribution in [2.24, 2.45) is 0 Å². The number of hydrogen-bond acceptors (Lipinski definition) is 3. The zero-order valence-electron chi connectivity index (χ0n) is 12.2. The average molecular weight is 350 g/mol. The fourth-order valence-electron chi connectivity index (χ4n) is 2.68. The Kier molecular flexibility index (Phi) is 4.60. The highest BCUT2D eigenvalue weighted by Crippen LogP contribution is 2.33. The highest BCUT2D eigenvalue weighted by molar-refractivity contribution is 9.10. The average Bonchev–Trinajstić information content (AvgIpc) is 3.08. The topological polar surface area (TPSA) is 39.1 Å². The van der Waals surface area contributed by atoms with Crippen LogP contribution in [0.25, 0.3) is 0 Å². The SMILES string of the molecule is CCCNCc1cncn1Cc1cc(Br)cc2c1OCC2. The first kappa shape index (κ1) is 14.6. The molecule has 0 spiro atoms. The van der Waals surface area contributed by atoms with Crippen LogP contribution in [0.4, 0.5) is 0 Å². The van der Waals surface area contributed by atoms with E-state index in [4.69, 9.17) is 4.74 Å². The van der Waals surface area contributed by atoms with E-state index in [1.54, 1.807) is 0 Å². The molecule has 5 heteroatoms. The Morgan fingerprint density at radius 3 is 3.19 bits per heavy atom. The predicted molar refractivity (Wildman–Crippen MR) is 86.7 cm³/mol. The van der Waals surface area contributed by atoms with Crippen molar-refractivity contribution < 1.29 is 4.74 Å². The van der Waals surface area contributed by atoms with Crippen LogP contribution in [0.5, 0.6) is 5.75 Å². The first-order valence-corrected chi connectivity index (χ1v) is 8.21. The van der Waals surface area contributed by atoms with Crippen molar-refractivity contribution in [2.45, 2.75) is 32.9 Å². The van der Waals surface area contributed by atoms with Gasteiger partial charge >= 0.3 is 0 Å². The second kappa shape index (κ2) is 6.62. The van der Waals surface area contributed by atoms with Gasteiger partial charge < -0.3 is 14.6 Å². The highest BCUT2D eigenvalue weighted by Gasteiger charge is 2.18. The Balaban J connectivity index is 1.80. The monoisotopic (exact) mass is 349 g/mol. The van der Waals surface area contributed by atoms with Crippen molar-refractivity contribution in [2.75, 3.05) is 13.2 Å². The summed E-state index contributed by atoms with van der Waals surface area (Å²) in [6, 6.07) is 4.30. The minimum Gasteiger partial charge on any atom is -0.493 e. The molecule has 1 aromatic carbocycles. The van der Waals surface area contributed by atoms with Crippen molar-refractivity contribution in [3.63, 3.8) is 0 Å². The van der Waals surface area contributed by atoms with Gasteiger partial charge in [0.1, 0.15) is 5.75 Å². The van der Waals surface area contributed by atoms with Crippen molar-refractivity contribution in [1.82, 2.24) is 14.9 Å². The number of rotatable bonds is 6. The molecule has 1 aromatic heterocycles. The maximum absolute atomic E-state index is 5.80. The van der Waals surface area contributed by atoms with Gasteiger partial charge in [0.25, 0.3) is 0 Å². The lowest BCUT2D eigenvalue weighted by molar-refractivity contribution is 0.352. The van der Waals surface area contributed by atoms with Crippen LogP contribution in [0, 0.1) is 0 Å². The summed E-state index contributed by atoms with van der Waals surface area (Å²) in [6.07, 6.45) is 5.96. The van der Waals surface area contributed by atoms with Crippen LogP contribution in [-0.2, 0) is 19.5 Å². The molecule has 0 unspecified atom stereocenters. The van der Waals surface area contributed by atoms with Gasteiger partial charge in [-0.1, -0.05) is 22.9 Å². The van der Waals surface area contributed by atoms with Crippen molar-refractivity contribution in [3.05, 3.63) is 46.0 Å². The molecule has 0 aliphatic carbocycles. The molecule has 1 aliphatic rings. The third-order valence-corrected chi connectivity index (χ3v) is 4.16. The third kappa shape index (κ3) is 3.30. The van der Waals surface area contributed by atoms with Gasteiger partial charge in [0, 0.05) is 29.2 Å². The molecule has 4 nitrogen and oxygen atoms in total. The summed E-state index contributed by atoms with van der Waals surface area (Å²) in [7, 11) is 0. The van der Waals surface area contributed by atoms with Crippen molar-refractivity contribution >= 4 is 15.9 Å². The van der Waals surface area contributed by atoms with Gasteiger partial charge in [-0.25, -0.2) is 4.98 Å². The van der Waals surface area contributed by atoms with Gasteiger partial charge in [-0.05, 0) is 30.7 Å². The van der Waals surface area contributed by atoms with Crippen LogP contribution >= 0.6 is 15.9 Å². The fraction of sp³-hybridized carbons (Fsp3) is 0.438. The van der Waals surface area contributed by atoms with E-state index in [0.717, 1.165) is 49.3 Å². The van der Waals surface area contributed by atoms with E-state index in [1.165, 1.54) is 16.8 Å². The Morgan fingerprint density at radius 1 is 1.43 bits per heavy atom. The molecule has 0 fully saturated rings. The maximum Gasteiger partial charge on any atom is 0.127 e. The first-order valence-electron chi connectivity index (χ1n) is 7.41. The number of halogens is 1. The summed E-state index contributed by atoms with van der Waals surface area (Å²) in [5.74, 6) is 1.05. The summed E-state index contributed by atoms with van der Waals surface area (Å²) < 4.78 is 9.11. The van der Waals surface area contributed by atoms with E-state index in [2.05, 4.69) is 49.9 Å². The molecule has 0 bridgehead atoms. The van der Waals surface area contributed by atoms with Crippen LogP contribution in [0.15, 0.2) is 29.1 Å². The van der Waals surface area contributed by atoms with Gasteiger partial charge in [-0.15, -0.1) is 0 Å². The van der Waals surface area contributed by atoms with Gasteiger partial charge in [0.2, 0.25) is 0 Å². The lowest BCUT2D eigenvalue weighted by atomic mass is 10.1. The van der Waals surface area contributed by atoms with Crippen molar-refractivity contribution in [1.29, 1.82) is 0 Å². The lowest BCUT2D eigenvalue weighted by Gasteiger charge is -2.12. The minimum absolute atomic E-state index is 0.785. The maximum atomic E-state index is 5.80. The molecule has 0 radical (unpaired) electrons. The molecule has 2 heterocycles. The van der Waals surface area contributed by atoms with Crippen LogP contribution in [0.1, 0.15) is 30.2 Å². The number of aromatic nitrogens is 2. The molecule has 21 heavy (non-hydrogen) atoms. The second-order valence-electron chi connectivity index (χ2n) is 5.34. The summed E-state index contributed by atoms with van der Waals surface area (Å²) >= 11 is 3.60. The van der Waals surface area contributed by atoms with Crippen LogP contribution in [0.2, 0.25) is 0 Å². The summed E-state index contributed by atoms with van der Waals surface area (Å²) in [4.78, 5) is 4.28. The number of imidazole rings is 1. The van der Waals surface area contributed by atoms with Gasteiger partial charge in [0.05, 0.1) is 25.2 Å². The van der Waals surface area contributed by atoms with E-state index < -0.39 is 0 Å². The van der Waals surface area contributed by atoms with E-state index in [1.807, 2.05) is 12.5 Å². The fourth-order valence-corrected chi connectivity index (χ4v) is 3.23. The normalized spacial score (nSPS) is 13.2. The van der Waals surface area contributed by atoms with E-state index in [-0.39, 0.29) is 0 Å². The van der Waals surface area contributed by atoms with E-state index >= 15 is 0 Å². The first-order chi connectivity index (χ1) is 10.3. The molecule has 3 rings (SSSR count). The van der Waals surface area contributed by atoms with E-state index in [0.29, 0.717) is 0 Å². The quantitative estimate of drug-likeness (QED) is 0.814. The number of nitrogens with one attached hydrogen (secondary N) is 1. The molecule has 112 valence electrons. The summed E-state index contributed by atoms with van der Waals surface area (Å²) in [5.41, 5.74) is 3.71. The van der Waals surface area contributed by atoms with Gasteiger partial charge in [-0.2, -0.15) is 0 Å². The standard InChI is InChI=1S/C16H20BrN3O/c1-2-4-18-8-15-9-19-11-20(15)10-13-7-14(17)6-12-3-5-21-16(12)13/h6-7,9,11,18H,2-5,8,10H2,1H3. The van der Waals surface area contributed by atoms with Crippen LogP contribution in [0.3, 0.4) is 0 Å². The number of fused-ring (bicyclic) bond motifs is 1. The van der Waals surface area contributed by atoms with Crippen LogP contribution in [-0.4, -0.2) is 22.7 Å². The largest absolute Gasteiger partial charge is 0.493 e. The minimum atomic E-state index is 0.785. The Labute approximate surface area is 133 Å². The smallest absolute Gasteiger partial charge is 0.127 e. The molecule has 0 saturated carbocycles. The Hall–Kier alpha value is -1.33. The number of hydrogen-bond donors (Lipinski definition) is 1. The number of benzene rings is 1. The second-order valence-corrected chi connectivity index (χ2v) is 6.26. The molecular formula is C16H20BrN3O. The Morgan fingerprint density at radius 2 is 2.33 bits per heavy atom. The highest BCUT2D eigenvalue weighted by atomic mass is 79.9. The van der Waals surface area contributed by atoms with Gasteiger partial charge in [-0.3, -0.25) is 0 Å². The molecule has 1 N–H and O–H groups in total. The zero-order valence-corrected chi connectivity index (χ0v) is 13.8. The Bertz CT molecular complexity index is 624. The molecule has 0 atom stereocenters. The number of nitrogens with zero attached hydrogens (tertiary/aromatic N) is 2. The van der Waals surface area contributed by atoms with Gasteiger partial charge in [0.15, 0.2) is 0 Å². The molecule has 0 amide bonds. The molecule has 2 aromatic rings. The van der Waals surface area contributed by atoms with E-state index in [9.17, 15) is 0 Å². The third-order valence-electron chi connectivity index (χ3n) is 3.70. The summed E-state index contributed by atoms with van der Waals surface area (Å²) in [5, 5.41) is 3.43. The predicted octanol–water partition coefficient (Wildman–Crippen LogP) is 3.13. The van der Waals surface area contributed by atoms with Crippen molar-refractivity contribution in [3.8, 4) is 5.75 Å². The zero-order chi connectivity index (χ0) is 14.7. The van der Waals surface area contributed by atoms with Crippen LogP contribution < -0.4 is 10.1 Å².